The average Bonchev–Trinajstić information content (AvgIpc) is 3.16. The molecule has 0 aliphatic rings. The third kappa shape index (κ3) is 3.68. The molecule has 0 fully saturated rings. The fourth-order valence-corrected chi connectivity index (χ4v) is 3.41. The van der Waals surface area contributed by atoms with Crippen LogP contribution >= 0.6 is 11.3 Å². The van der Waals surface area contributed by atoms with E-state index in [0.717, 1.165) is 28.2 Å². The monoisotopic (exact) mass is 337 g/mol. The van der Waals surface area contributed by atoms with Gasteiger partial charge in [-0.2, -0.15) is 0 Å². The summed E-state index contributed by atoms with van der Waals surface area (Å²) in [6.45, 7) is 2.40. The molecule has 3 aromatic rings. The van der Waals surface area contributed by atoms with Crippen LogP contribution in [0.15, 0.2) is 60.2 Å². The van der Waals surface area contributed by atoms with Crippen LogP contribution in [0, 0.1) is 0 Å². The van der Waals surface area contributed by atoms with Crippen LogP contribution in [0.1, 0.15) is 30.5 Å². The summed E-state index contributed by atoms with van der Waals surface area (Å²) in [5, 5.41) is 5.02. The fourth-order valence-electron chi connectivity index (χ4n) is 2.67. The first kappa shape index (κ1) is 16.3. The van der Waals surface area contributed by atoms with Crippen molar-refractivity contribution in [2.45, 2.75) is 25.8 Å². The number of nitrogens with one attached hydrogen (secondary N) is 1. The molecule has 0 aliphatic heterocycles. The fraction of sp³-hybridized carbons (Fsp3) is 0.211. The van der Waals surface area contributed by atoms with Crippen molar-refractivity contribution < 1.29 is 4.79 Å². The highest BCUT2D eigenvalue weighted by Crippen LogP contribution is 2.25. The number of rotatable bonds is 6. The maximum Gasteiger partial charge on any atom is 0.227 e. The normalized spacial score (nSPS) is 11.9. The summed E-state index contributed by atoms with van der Waals surface area (Å²) in [7, 11) is 0. The van der Waals surface area contributed by atoms with Gasteiger partial charge in [-0.3, -0.25) is 14.8 Å². The number of hydrogen-bond acceptors (Lipinski definition) is 4. The topological polar surface area (TPSA) is 54.9 Å². The number of nitrogens with zero attached hydrogens (tertiary/aromatic N) is 2. The van der Waals surface area contributed by atoms with Gasteiger partial charge in [0.05, 0.1) is 23.0 Å². The van der Waals surface area contributed by atoms with Gasteiger partial charge >= 0.3 is 0 Å². The Morgan fingerprint density at radius 2 is 1.92 bits per heavy atom. The molecule has 1 amide bonds. The molecule has 2 heterocycles. The van der Waals surface area contributed by atoms with Crippen LogP contribution in [0.4, 0.5) is 0 Å². The highest BCUT2D eigenvalue weighted by atomic mass is 32.1. The quantitative estimate of drug-likeness (QED) is 0.739. The van der Waals surface area contributed by atoms with Crippen molar-refractivity contribution >= 4 is 17.2 Å². The van der Waals surface area contributed by atoms with Crippen molar-refractivity contribution in [3.8, 4) is 10.6 Å². The van der Waals surface area contributed by atoms with Gasteiger partial charge in [0.15, 0.2) is 0 Å². The lowest BCUT2D eigenvalue weighted by Crippen LogP contribution is -2.29. The van der Waals surface area contributed by atoms with Gasteiger partial charge in [0.25, 0.3) is 0 Å². The molecule has 2 aromatic heterocycles. The molecule has 5 heteroatoms. The molecule has 3 rings (SSSR count). The predicted octanol–water partition coefficient (Wildman–Crippen LogP) is 4.02. The maximum atomic E-state index is 12.6. The summed E-state index contributed by atoms with van der Waals surface area (Å²) >= 11 is 1.62. The van der Waals surface area contributed by atoms with Gasteiger partial charge < -0.3 is 5.32 Å². The zero-order valence-corrected chi connectivity index (χ0v) is 14.3. The third-order valence-corrected chi connectivity index (χ3v) is 4.76. The number of benzene rings is 1. The van der Waals surface area contributed by atoms with Crippen molar-refractivity contribution in [1.29, 1.82) is 0 Å². The Morgan fingerprint density at radius 3 is 2.62 bits per heavy atom. The summed E-state index contributed by atoms with van der Waals surface area (Å²) in [6, 6.07) is 13.9. The third-order valence-electron chi connectivity index (χ3n) is 3.89. The van der Waals surface area contributed by atoms with E-state index in [1.165, 1.54) is 0 Å². The second-order valence-corrected chi connectivity index (χ2v) is 6.37. The Balaban J connectivity index is 1.73. The van der Waals surface area contributed by atoms with Crippen molar-refractivity contribution in [2.75, 3.05) is 0 Å². The Labute approximate surface area is 145 Å². The largest absolute Gasteiger partial charge is 0.350 e. The summed E-state index contributed by atoms with van der Waals surface area (Å²) in [5.41, 5.74) is 2.66. The Kier molecular flexibility index (Phi) is 5.33. The van der Waals surface area contributed by atoms with Crippen LogP contribution < -0.4 is 5.32 Å². The minimum absolute atomic E-state index is 0.0199. The molecular weight excluding hydrogens is 318 g/mol. The van der Waals surface area contributed by atoms with Gasteiger partial charge in [-0.15, -0.1) is 11.3 Å². The molecule has 1 atom stereocenters. The lowest BCUT2D eigenvalue weighted by molar-refractivity contribution is -0.122. The molecule has 0 saturated carbocycles. The maximum absolute atomic E-state index is 12.6. The van der Waals surface area contributed by atoms with Crippen molar-refractivity contribution in [2.24, 2.45) is 0 Å². The van der Waals surface area contributed by atoms with E-state index in [1.54, 1.807) is 23.7 Å². The highest BCUT2D eigenvalue weighted by molar-refractivity contribution is 7.13. The number of carbonyl (C=O) groups is 1. The SMILES string of the molecule is CC[C@@H](C(=O)NCc1nccnc1-c1cccs1)c1ccccc1. The molecule has 1 aromatic carbocycles. The van der Waals surface area contributed by atoms with E-state index in [2.05, 4.69) is 15.3 Å². The van der Waals surface area contributed by atoms with E-state index in [-0.39, 0.29) is 11.8 Å². The van der Waals surface area contributed by atoms with Crippen LogP contribution in [0.5, 0.6) is 0 Å². The first-order valence-corrected chi connectivity index (χ1v) is 8.84. The molecule has 0 saturated heterocycles. The first-order chi connectivity index (χ1) is 11.8. The van der Waals surface area contributed by atoms with E-state index in [1.807, 2.05) is 54.8 Å². The average molecular weight is 337 g/mol. The molecule has 1 N–H and O–H groups in total. The summed E-state index contributed by atoms with van der Waals surface area (Å²) < 4.78 is 0. The minimum Gasteiger partial charge on any atom is -0.350 e. The van der Waals surface area contributed by atoms with Gasteiger partial charge in [0.2, 0.25) is 5.91 Å². The number of amides is 1. The van der Waals surface area contributed by atoms with Crippen LogP contribution in [0.2, 0.25) is 0 Å². The van der Waals surface area contributed by atoms with Crippen LogP contribution in [-0.2, 0) is 11.3 Å². The van der Waals surface area contributed by atoms with Crippen molar-refractivity contribution in [1.82, 2.24) is 15.3 Å². The Morgan fingerprint density at radius 1 is 1.12 bits per heavy atom. The lowest BCUT2D eigenvalue weighted by Gasteiger charge is -2.15. The van der Waals surface area contributed by atoms with Crippen LogP contribution in [-0.4, -0.2) is 15.9 Å². The van der Waals surface area contributed by atoms with E-state index < -0.39 is 0 Å². The molecule has 0 unspecified atom stereocenters. The zero-order valence-electron chi connectivity index (χ0n) is 13.5. The van der Waals surface area contributed by atoms with Gasteiger partial charge in [-0.1, -0.05) is 43.3 Å². The summed E-state index contributed by atoms with van der Waals surface area (Å²) in [6.07, 6.45) is 4.10. The standard InChI is InChI=1S/C19H19N3OS/c1-2-15(14-7-4-3-5-8-14)19(23)22-13-16-18(21-11-10-20-16)17-9-6-12-24-17/h3-12,15H,2,13H2,1H3,(H,22,23)/t15-/m1/s1. The van der Waals surface area contributed by atoms with E-state index in [9.17, 15) is 4.79 Å². The molecule has 24 heavy (non-hydrogen) atoms. The molecule has 0 bridgehead atoms. The first-order valence-electron chi connectivity index (χ1n) is 7.96. The lowest BCUT2D eigenvalue weighted by atomic mass is 9.95. The van der Waals surface area contributed by atoms with Gasteiger partial charge in [-0.25, -0.2) is 0 Å². The second kappa shape index (κ2) is 7.84. The predicted molar refractivity (Wildman–Crippen MR) is 96.7 cm³/mol. The second-order valence-electron chi connectivity index (χ2n) is 5.42. The Hall–Kier alpha value is -2.53. The van der Waals surface area contributed by atoms with Crippen LogP contribution in [0.3, 0.4) is 0 Å². The summed E-state index contributed by atoms with van der Waals surface area (Å²) in [5.74, 6) is -0.125. The molecule has 0 spiro atoms. The van der Waals surface area contributed by atoms with Gasteiger partial charge in [0, 0.05) is 12.4 Å². The van der Waals surface area contributed by atoms with Crippen molar-refractivity contribution in [3.63, 3.8) is 0 Å². The molecule has 0 radical (unpaired) electrons. The highest BCUT2D eigenvalue weighted by Gasteiger charge is 2.19. The number of hydrogen-bond donors (Lipinski definition) is 1. The number of aromatic nitrogens is 2. The van der Waals surface area contributed by atoms with E-state index in [4.69, 9.17) is 0 Å². The van der Waals surface area contributed by atoms with Gasteiger partial charge in [0.1, 0.15) is 5.69 Å². The summed E-state index contributed by atoms with van der Waals surface area (Å²) in [4.78, 5) is 22.5. The molecule has 122 valence electrons. The molecular formula is C19H19N3OS. The number of thiophene rings is 1. The number of carbonyl (C=O) groups excluding carboxylic acids is 1. The van der Waals surface area contributed by atoms with Crippen LogP contribution in [0.25, 0.3) is 10.6 Å². The minimum atomic E-state index is -0.145. The molecule has 0 aliphatic carbocycles. The van der Waals surface area contributed by atoms with E-state index in [0.29, 0.717) is 6.54 Å². The zero-order chi connectivity index (χ0) is 16.8. The van der Waals surface area contributed by atoms with Crippen molar-refractivity contribution in [3.05, 3.63) is 71.5 Å². The smallest absolute Gasteiger partial charge is 0.227 e. The van der Waals surface area contributed by atoms with Gasteiger partial charge in [-0.05, 0) is 23.4 Å². The molecule has 4 nitrogen and oxygen atoms in total. The Bertz CT molecular complexity index is 787. The van der Waals surface area contributed by atoms with E-state index >= 15 is 0 Å².